The lowest BCUT2D eigenvalue weighted by molar-refractivity contribution is 0.0489. The minimum Gasteiger partial charge on any atom is -0.438 e. The van der Waals surface area contributed by atoms with Crippen molar-refractivity contribution in [1.82, 2.24) is 0 Å². The van der Waals surface area contributed by atoms with Gasteiger partial charge in [0.25, 0.3) is 0 Å². The first-order chi connectivity index (χ1) is 5.76. The van der Waals surface area contributed by atoms with Gasteiger partial charge in [-0.1, -0.05) is 11.8 Å². The highest BCUT2D eigenvalue weighted by Gasteiger charge is 2.21. The Morgan fingerprint density at radius 1 is 1.83 bits per heavy atom. The van der Waals surface area contributed by atoms with E-state index in [9.17, 15) is 4.79 Å². The summed E-state index contributed by atoms with van der Waals surface area (Å²) in [5, 5.41) is 0. The Balaban J connectivity index is 2.36. The van der Waals surface area contributed by atoms with Crippen LogP contribution in [0.3, 0.4) is 0 Å². The van der Waals surface area contributed by atoms with Crippen molar-refractivity contribution in [3.05, 3.63) is 0 Å². The molecule has 0 spiro atoms. The smallest absolute Gasteiger partial charge is 0.438 e. The van der Waals surface area contributed by atoms with Crippen LogP contribution < -0.4 is 0 Å². The normalized spacial score (nSPS) is 21.8. The van der Waals surface area contributed by atoms with E-state index >= 15 is 0 Å². The van der Waals surface area contributed by atoms with Crippen molar-refractivity contribution in [2.75, 3.05) is 19.1 Å². The molecule has 0 aromatic heterocycles. The Hall–Kier alpha value is -0.360. The van der Waals surface area contributed by atoms with Crippen LogP contribution in [0.2, 0.25) is 0 Å². The highest BCUT2D eigenvalue weighted by atomic mass is 32.2. The summed E-state index contributed by atoms with van der Waals surface area (Å²) in [6, 6.07) is 0. The van der Waals surface area contributed by atoms with E-state index in [1.807, 2.05) is 6.26 Å². The first-order valence-electron chi connectivity index (χ1n) is 3.25. The highest BCUT2D eigenvalue weighted by molar-refractivity contribution is 8.38. The van der Waals surface area contributed by atoms with Crippen molar-refractivity contribution in [3.8, 4) is 0 Å². The maximum Gasteiger partial charge on any atom is 0.510 e. The van der Waals surface area contributed by atoms with Gasteiger partial charge in [0.1, 0.15) is 4.38 Å². The molecule has 6 heteroatoms. The van der Waals surface area contributed by atoms with Gasteiger partial charge in [-0.3, -0.25) is 0 Å². The van der Waals surface area contributed by atoms with Gasteiger partial charge in [0.05, 0.1) is 12.9 Å². The van der Waals surface area contributed by atoms with E-state index in [0.717, 1.165) is 4.38 Å². The Kier molecular flexibility index (Phi) is 3.74. The lowest BCUT2D eigenvalue weighted by Gasteiger charge is -2.05. The summed E-state index contributed by atoms with van der Waals surface area (Å²) in [5.74, 6) is 0.686. The van der Waals surface area contributed by atoms with E-state index < -0.39 is 6.16 Å². The number of thioether (sulfide) groups is 2. The van der Waals surface area contributed by atoms with Crippen molar-refractivity contribution in [2.45, 2.75) is 6.23 Å². The Bertz CT molecular complexity index is 207. The molecule has 0 bridgehead atoms. The van der Waals surface area contributed by atoms with Crippen LogP contribution in [-0.4, -0.2) is 35.9 Å². The molecule has 1 rings (SSSR count). The molecule has 1 aliphatic heterocycles. The summed E-state index contributed by atoms with van der Waals surface area (Å²) in [4.78, 5) is 14.7. The third kappa shape index (κ3) is 2.60. The molecule has 0 aromatic carbocycles. The van der Waals surface area contributed by atoms with E-state index in [0.29, 0.717) is 5.75 Å². The number of nitrogens with zero attached hydrogens (tertiary/aromatic N) is 1. The monoisotopic (exact) mass is 207 g/mol. The number of carbonyl (C=O) groups excluding carboxylic acids is 1. The quantitative estimate of drug-likeness (QED) is 0.611. The van der Waals surface area contributed by atoms with Gasteiger partial charge in [0.15, 0.2) is 0 Å². The third-order valence-electron chi connectivity index (χ3n) is 1.17. The lowest BCUT2D eigenvalue weighted by Crippen LogP contribution is -2.15. The molecule has 1 aliphatic rings. The predicted octanol–water partition coefficient (Wildman–Crippen LogP) is 1.56. The number of ether oxygens (including phenoxy) is 2. The molecule has 12 heavy (non-hydrogen) atoms. The average molecular weight is 207 g/mol. The molecular weight excluding hydrogens is 198 g/mol. The molecule has 0 amide bonds. The van der Waals surface area contributed by atoms with Crippen LogP contribution in [0.1, 0.15) is 0 Å². The molecule has 1 unspecified atom stereocenters. The molecule has 1 atom stereocenters. The van der Waals surface area contributed by atoms with Crippen LogP contribution in [0.25, 0.3) is 0 Å². The predicted molar refractivity (Wildman–Crippen MR) is 50.7 cm³/mol. The molecule has 0 saturated heterocycles. The minimum atomic E-state index is -0.674. The zero-order valence-corrected chi connectivity index (χ0v) is 8.41. The van der Waals surface area contributed by atoms with E-state index in [-0.39, 0.29) is 6.23 Å². The summed E-state index contributed by atoms with van der Waals surface area (Å²) in [7, 11) is 1.28. The van der Waals surface area contributed by atoms with Crippen LogP contribution >= 0.6 is 23.5 Å². The van der Waals surface area contributed by atoms with E-state index in [1.54, 1.807) is 23.5 Å². The minimum absolute atomic E-state index is 0.370. The number of hydrogen-bond donors (Lipinski definition) is 0. The molecular formula is C6H9NO3S2. The average Bonchev–Trinajstić information content (AvgIpc) is 2.52. The number of methoxy groups -OCH3 is 1. The van der Waals surface area contributed by atoms with Gasteiger partial charge < -0.3 is 9.47 Å². The largest absolute Gasteiger partial charge is 0.510 e. The number of carbonyl (C=O) groups is 1. The second-order valence-corrected chi connectivity index (χ2v) is 4.00. The molecule has 0 saturated carbocycles. The first kappa shape index (κ1) is 9.73. The fourth-order valence-electron chi connectivity index (χ4n) is 0.666. The van der Waals surface area contributed by atoms with Gasteiger partial charge >= 0.3 is 6.16 Å². The summed E-state index contributed by atoms with van der Waals surface area (Å²) in [5.41, 5.74) is 0. The van der Waals surface area contributed by atoms with Crippen molar-refractivity contribution in [3.63, 3.8) is 0 Å². The first-order valence-corrected chi connectivity index (χ1v) is 5.46. The van der Waals surface area contributed by atoms with Gasteiger partial charge in [-0.05, 0) is 6.26 Å². The number of aliphatic imine (C=N–C) groups is 1. The zero-order valence-electron chi connectivity index (χ0n) is 6.77. The SMILES string of the molecule is COC(=O)OC1CSC(SC)=N1. The van der Waals surface area contributed by atoms with Crippen LogP contribution in [0, 0.1) is 0 Å². The molecule has 0 aliphatic carbocycles. The Morgan fingerprint density at radius 3 is 3.08 bits per heavy atom. The van der Waals surface area contributed by atoms with Crippen LogP contribution in [0.4, 0.5) is 4.79 Å². The zero-order chi connectivity index (χ0) is 8.97. The second-order valence-electron chi connectivity index (χ2n) is 1.94. The van der Waals surface area contributed by atoms with E-state index in [1.165, 1.54) is 7.11 Å². The fourth-order valence-corrected chi connectivity index (χ4v) is 2.18. The van der Waals surface area contributed by atoms with Crippen molar-refractivity contribution >= 4 is 34.1 Å². The molecule has 0 radical (unpaired) electrons. The Labute approximate surface area is 79.1 Å². The van der Waals surface area contributed by atoms with Crippen LogP contribution in [0.15, 0.2) is 4.99 Å². The standard InChI is InChI=1S/C6H9NO3S2/c1-9-6(8)10-4-3-12-5(7-4)11-2/h4H,3H2,1-2H3. The van der Waals surface area contributed by atoms with Crippen molar-refractivity contribution in [2.24, 2.45) is 4.99 Å². The van der Waals surface area contributed by atoms with Gasteiger partial charge in [0, 0.05) is 0 Å². The van der Waals surface area contributed by atoms with Crippen molar-refractivity contribution < 1.29 is 14.3 Å². The molecule has 0 fully saturated rings. The molecule has 0 aromatic rings. The van der Waals surface area contributed by atoms with Gasteiger partial charge in [-0.25, -0.2) is 9.79 Å². The summed E-state index contributed by atoms with van der Waals surface area (Å²) >= 11 is 3.13. The van der Waals surface area contributed by atoms with Gasteiger partial charge in [-0.15, -0.1) is 11.8 Å². The van der Waals surface area contributed by atoms with E-state index in [4.69, 9.17) is 4.74 Å². The van der Waals surface area contributed by atoms with Gasteiger partial charge in [-0.2, -0.15) is 0 Å². The highest BCUT2D eigenvalue weighted by Crippen LogP contribution is 2.24. The maximum atomic E-state index is 10.6. The van der Waals surface area contributed by atoms with Crippen molar-refractivity contribution in [1.29, 1.82) is 0 Å². The fraction of sp³-hybridized carbons (Fsp3) is 0.667. The number of rotatable bonds is 1. The van der Waals surface area contributed by atoms with Crippen LogP contribution in [-0.2, 0) is 9.47 Å². The van der Waals surface area contributed by atoms with Gasteiger partial charge in [0.2, 0.25) is 6.23 Å². The van der Waals surface area contributed by atoms with Crippen LogP contribution in [0.5, 0.6) is 0 Å². The number of hydrogen-bond acceptors (Lipinski definition) is 6. The lowest BCUT2D eigenvalue weighted by atomic mass is 10.7. The molecule has 4 nitrogen and oxygen atoms in total. The topological polar surface area (TPSA) is 47.9 Å². The second kappa shape index (κ2) is 4.61. The Morgan fingerprint density at radius 2 is 2.58 bits per heavy atom. The molecule has 1 heterocycles. The molecule has 0 N–H and O–H groups in total. The third-order valence-corrected chi connectivity index (χ3v) is 3.28. The molecule has 68 valence electrons. The summed E-state index contributed by atoms with van der Waals surface area (Å²) < 4.78 is 10.1. The van der Waals surface area contributed by atoms with E-state index in [2.05, 4.69) is 9.73 Å². The summed E-state index contributed by atoms with van der Waals surface area (Å²) in [6.07, 6.45) is 0.892. The maximum absolute atomic E-state index is 10.6. The summed E-state index contributed by atoms with van der Waals surface area (Å²) in [6.45, 7) is 0.